The normalized spacial score (nSPS) is 12.4. The first kappa shape index (κ1) is 16.4. The van der Waals surface area contributed by atoms with Crippen molar-refractivity contribution in [1.82, 2.24) is 9.88 Å². The van der Waals surface area contributed by atoms with Gasteiger partial charge in [0.25, 0.3) is 0 Å². The Kier molecular flexibility index (Phi) is 7.37. The van der Waals surface area contributed by atoms with Gasteiger partial charge >= 0.3 is 0 Å². The molecule has 0 radical (unpaired) electrons. The molecule has 1 atom stereocenters. The highest BCUT2D eigenvalue weighted by Crippen LogP contribution is 2.15. The molecule has 5 nitrogen and oxygen atoms in total. The molecule has 0 spiro atoms. The Hall–Kier alpha value is -0.630. The quantitative estimate of drug-likeness (QED) is 0.780. The Morgan fingerprint density at radius 2 is 2.42 bits per heavy atom. The Morgan fingerprint density at radius 1 is 1.68 bits per heavy atom. The van der Waals surface area contributed by atoms with Gasteiger partial charge in [0.1, 0.15) is 0 Å². The van der Waals surface area contributed by atoms with E-state index in [1.54, 1.807) is 18.4 Å². The number of thiazole rings is 1. The molecular weight excluding hydrogens is 284 g/mol. The number of aliphatic hydroxyl groups is 1. The lowest BCUT2D eigenvalue weighted by atomic mass is 10.3. The van der Waals surface area contributed by atoms with Crippen molar-refractivity contribution in [2.45, 2.75) is 18.8 Å². The molecule has 1 aromatic heterocycles. The number of aryl methyl sites for hydroxylation is 1. The number of rotatable bonds is 8. The molecule has 7 heteroatoms. The molecule has 0 aliphatic heterocycles. The van der Waals surface area contributed by atoms with E-state index in [-0.39, 0.29) is 12.5 Å². The second-order valence-electron chi connectivity index (χ2n) is 4.23. The molecule has 108 valence electrons. The van der Waals surface area contributed by atoms with Gasteiger partial charge in [0.2, 0.25) is 5.91 Å². The van der Waals surface area contributed by atoms with Crippen molar-refractivity contribution in [1.29, 1.82) is 0 Å². The summed E-state index contributed by atoms with van der Waals surface area (Å²) in [6.45, 7) is 2.50. The lowest BCUT2D eigenvalue weighted by molar-refractivity contribution is -0.128. The van der Waals surface area contributed by atoms with Gasteiger partial charge in [-0.1, -0.05) is 0 Å². The minimum atomic E-state index is -0.634. The topological polar surface area (TPSA) is 62.7 Å². The number of carbonyl (C=O) groups is 1. The monoisotopic (exact) mass is 304 g/mol. The molecule has 1 N–H and O–H groups in total. The molecule has 19 heavy (non-hydrogen) atoms. The third kappa shape index (κ3) is 6.38. The predicted octanol–water partition coefficient (Wildman–Crippen LogP) is 1.15. The van der Waals surface area contributed by atoms with Gasteiger partial charge in [-0.2, -0.15) is 0 Å². The van der Waals surface area contributed by atoms with Crippen LogP contribution in [0.4, 0.5) is 0 Å². The summed E-state index contributed by atoms with van der Waals surface area (Å²) in [5, 5.41) is 12.6. The van der Waals surface area contributed by atoms with E-state index in [0.29, 0.717) is 12.3 Å². The van der Waals surface area contributed by atoms with Gasteiger partial charge in [0.05, 0.1) is 29.2 Å². The maximum absolute atomic E-state index is 11.8. The molecule has 0 bridgehead atoms. The minimum absolute atomic E-state index is 0.00658. The van der Waals surface area contributed by atoms with Crippen molar-refractivity contribution in [2.24, 2.45) is 0 Å². The Morgan fingerprint density at radius 3 is 3.00 bits per heavy atom. The summed E-state index contributed by atoms with van der Waals surface area (Å²) in [5.74, 6) is 1.14. The van der Waals surface area contributed by atoms with Crippen LogP contribution in [0, 0.1) is 6.92 Å². The lowest BCUT2D eigenvalue weighted by Crippen LogP contribution is -2.37. The summed E-state index contributed by atoms with van der Waals surface area (Å²) < 4.78 is 4.83. The van der Waals surface area contributed by atoms with Crippen LogP contribution in [0.2, 0.25) is 0 Å². The Bertz CT molecular complexity index is 398. The first-order valence-corrected chi connectivity index (χ1v) is 7.96. The molecule has 1 amide bonds. The Labute approximate surface area is 122 Å². The second-order valence-corrected chi connectivity index (χ2v) is 6.28. The zero-order chi connectivity index (χ0) is 14.3. The molecular formula is C12H20N2O3S2. The molecule has 1 unspecified atom stereocenters. The van der Waals surface area contributed by atoms with Gasteiger partial charge in [-0.05, 0) is 6.92 Å². The second kappa shape index (κ2) is 8.52. The van der Waals surface area contributed by atoms with Crippen molar-refractivity contribution in [3.05, 3.63) is 16.1 Å². The van der Waals surface area contributed by atoms with Crippen LogP contribution >= 0.6 is 23.1 Å². The number of ether oxygens (including phenoxy) is 1. The fourth-order valence-corrected chi connectivity index (χ4v) is 3.06. The number of methoxy groups -OCH3 is 1. The van der Waals surface area contributed by atoms with Crippen LogP contribution in [-0.2, 0) is 15.3 Å². The van der Waals surface area contributed by atoms with Crippen molar-refractivity contribution < 1.29 is 14.6 Å². The van der Waals surface area contributed by atoms with Crippen molar-refractivity contribution in [3.63, 3.8) is 0 Å². The molecule has 1 heterocycles. The summed E-state index contributed by atoms with van der Waals surface area (Å²) in [5.41, 5.74) is 1.02. The van der Waals surface area contributed by atoms with E-state index in [1.165, 1.54) is 23.8 Å². The smallest absolute Gasteiger partial charge is 0.232 e. The van der Waals surface area contributed by atoms with E-state index in [2.05, 4.69) is 4.98 Å². The van der Waals surface area contributed by atoms with Crippen molar-refractivity contribution in [3.8, 4) is 0 Å². The lowest BCUT2D eigenvalue weighted by Gasteiger charge is -2.20. The highest BCUT2D eigenvalue weighted by Gasteiger charge is 2.13. The Balaban J connectivity index is 2.23. The van der Waals surface area contributed by atoms with Crippen LogP contribution in [0.15, 0.2) is 5.38 Å². The van der Waals surface area contributed by atoms with Gasteiger partial charge in [-0.15, -0.1) is 23.1 Å². The number of hydrogen-bond donors (Lipinski definition) is 1. The maximum atomic E-state index is 11.8. The van der Waals surface area contributed by atoms with Crippen LogP contribution in [0.25, 0.3) is 0 Å². The number of nitrogens with zero attached hydrogens (tertiary/aromatic N) is 2. The van der Waals surface area contributed by atoms with Gasteiger partial charge in [0.15, 0.2) is 0 Å². The average molecular weight is 304 g/mol. The van der Waals surface area contributed by atoms with Gasteiger partial charge in [-0.3, -0.25) is 4.79 Å². The summed E-state index contributed by atoms with van der Waals surface area (Å²) in [4.78, 5) is 17.7. The number of aliphatic hydroxyl groups excluding tert-OH is 1. The molecule has 1 aromatic rings. The van der Waals surface area contributed by atoms with Crippen molar-refractivity contribution >= 4 is 29.0 Å². The van der Waals surface area contributed by atoms with Crippen LogP contribution in [0.3, 0.4) is 0 Å². The molecule has 0 saturated heterocycles. The van der Waals surface area contributed by atoms with E-state index < -0.39 is 6.10 Å². The molecule has 0 saturated carbocycles. The minimum Gasteiger partial charge on any atom is -0.389 e. The van der Waals surface area contributed by atoms with E-state index in [9.17, 15) is 9.90 Å². The highest BCUT2D eigenvalue weighted by molar-refractivity contribution is 7.99. The van der Waals surface area contributed by atoms with Gasteiger partial charge in [-0.25, -0.2) is 4.98 Å². The van der Waals surface area contributed by atoms with Crippen LogP contribution in [-0.4, -0.2) is 60.1 Å². The van der Waals surface area contributed by atoms with Gasteiger partial charge in [0, 0.05) is 31.8 Å². The highest BCUT2D eigenvalue weighted by atomic mass is 32.2. The van der Waals surface area contributed by atoms with E-state index in [1.807, 2.05) is 12.3 Å². The summed E-state index contributed by atoms with van der Waals surface area (Å²) >= 11 is 3.15. The number of likely N-dealkylation sites (N-methyl/N-ethyl adjacent to an activating group) is 1. The predicted molar refractivity (Wildman–Crippen MR) is 78.5 cm³/mol. The number of aromatic nitrogens is 1. The zero-order valence-corrected chi connectivity index (χ0v) is 13.1. The summed E-state index contributed by atoms with van der Waals surface area (Å²) in [7, 11) is 3.21. The zero-order valence-electron chi connectivity index (χ0n) is 11.5. The number of hydrogen-bond acceptors (Lipinski definition) is 6. The standard InChI is InChI=1S/C12H20N2O3S2/c1-9-13-10(7-19-9)6-18-8-12(16)14(2)4-11(15)5-17-3/h7,11,15H,4-6,8H2,1-3H3. The summed E-state index contributed by atoms with van der Waals surface area (Å²) in [6.07, 6.45) is -0.634. The summed E-state index contributed by atoms with van der Waals surface area (Å²) in [6, 6.07) is 0. The van der Waals surface area contributed by atoms with E-state index in [4.69, 9.17) is 4.74 Å². The number of amides is 1. The molecule has 0 aliphatic rings. The first-order chi connectivity index (χ1) is 9.02. The van der Waals surface area contributed by atoms with Crippen LogP contribution < -0.4 is 0 Å². The third-order valence-corrected chi connectivity index (χ3v) is 4.18. The van der Waals surface area contributed by atoms with Crippen LogP contribution in [0.1, 0.15) is 10.7 Å². The molecule has 0 fully saturated rings. The molecule has 0 aliphatic carbocycles. The van der Waals surface area contributed by atoms with Crippen LogP contribution in [0.5, 0.6) is 0 Å². The van der Waals surface area contributed by atoms with E-state index >= 15 is 0 Å². The first-order valence-electron chi connectivity index (χ1n) is 5.92. The SMILES string of the molecule is COCC(O)CN(C)C(=O)CSCc1csc(C)n1. The fourth-order valence-electron chi connectivity index (χ4n) is 1.49. The fraction of sp³-hybridized carbons (Fsp3) is 0.667. The molecule has 0 aromatic carbocycles. The number of carbonyl (C=O) groups excluding carboxylic acids is 1. The number of thioether (sulfide) groups is 1. The third-order valence-electron chi connectivity index (χ3n) is 2.41. The average Bonchev–Trinajstić information content (AvgIpc) is 2.75. The molecule has 1 rings (SSSR count). The largest absolute Gasteiger partial charge is 0.389 e. The maximum Gasteiger partial charge on any atom is 0.232 e. The van der Waals surface area contributed by atoms with E-state index in [0.717, 1.165) is 16.5 Å². The van der Waals surface area contributed by atoms with Crippen molar-refractivity contribution in [2.75, 3.05) is 33.1 Å². The van der Waals surface area contributed by atoms with Gasteiger partial charge < -0.3 is 14.7 Å².